The number of carbonyl (C=O) groups is 1. The molecule has 3 N–H and O–H groups in total. The van der Waals surface area contributed by atoms with Gasteiger partial charge in [0.2, 0.25) is 0 Å². The van der Waals surface area contributed by atoms with E-state index in [-0.39, 0.29) is 0 Å². The predicted octanol–water partition coefficient (Wildman–Crippen LogP) is 3.33. The molecule has 2 rings (SSSR count). The van der Waals surface area contributed by atoms with Gasteiger partial charge in [-0.15, -0.1) is 0 Å². The second-order valence-electron chi connectivity index (χ2n) is 6.98. The van der Waals surface area contributed by atoms with Gasteiger partial charge in [0.05, 0.1) is 17.8 Å². The molecule has 24 heavy (non-hydrogen) atoms. The van der Waals surface area contributed by atoms with Crippen molar-refractivity contribution in [2.45, 2.75) is 39.3 Å². The van der Waals surface area contributed by atoms with Crippen LogP contribution in [-0.4, -0.2) is 33.4 Å². The molecule has 1 unspecified atom stereocenters. The van der Waals surface area contributed by atoms with Crippen LogP contribution in [0.2, 0.25) is 0 Å². The lowest BCUT2D eigenvalue weighted by Crippen LogP contribution is -2.49. The number of hydrogen-bond donors (Lipinski definition) is 3. The van der Waals surface area contributed by atoms with Crippen LogP contribution in [0.5, 0.6) is 0 Å². The number of aliphatic hydroxyl groups excluding tert-OH is 1. The van der Waals surface area contributed by atoms with E-state index in [0.717, 1.165) is 16.8 Å². The lowest BCUT2D eigenvalue weighted by molar-refractivity contribution is 0.0295. The smallest absolute Gasteiger partial charge is 0.404 e. The van der Waals surface area contributed by atoms with E-state index in [0.29, 0.717) is 6.42 Å². The van der Waals surface area contributed by atoms with Gasteiger partial charge >= 0.3 is 6.09 Å². The topological polar surface area (TPSA) is 82.5 Å². The van der Waals surface area contributed by atoms with Crippen molar-refractivity contribution in [1.82, 2.24) is 10.3 Å². The summed E-state index contributed by atoms with van der Waals surface area (Å²) in [5, 5.41) is 21.9. The Balaban J connectivity index is 2.16. The van der Waals surface area contributed by atoms with Crippen molar-refractivity contribution < 1.29 is 15.0 Å². The van der Waals surface area contributed by atoms with Crippen LogP contribution in [0.25, 0.3) is 11.3 Å². The first kappa shape index (κ1) is 17.9. The Morgan fingerprint density at radius 3 is 2.33 bits per heavy atom. The van der Waals surface area contributed by atoms with Crippen LogP contribution >= 0.6 is 0 Å². The van der Waals surface area contributed by atoms with E-state index >= 15 is 0 Å². The summed E-state index contributed by atoms with van der Waals surface area (Å²) in [6.45, 7) is 5.66. The lowest BCUT2D eigenvalue weighted by atomic mass is 9.82. The van der Waals surface area contributed by atoms with E-state index in [2.05, 4.69) is 10.3 Å². The summed E-state index contributed by atoms with van der Waals surface area (Å²) in [4.78, 5) is 15.3. The number of aromatic nitrogens is 1. The average Bonchev–Trinajstić information content (AvgIpc) is 2.54. The van der Waals surface area contributed by atoms with Gasteiger partial charge in [0.25, 0.3) is 0 Å². The molecule has 0 radical (unpaired) electrons. The maximum Gasteiger partial charge on any atom is 0.404 e. The monoisotopic (exact) mass is 328 g/mol. The normalized spacial score (nSPS) is 14.0. The maximum absolute atomic E-state index is 11.0. The first-order valence-corrected chi connectivity index (χ1v) is 7.95. The van der Waals surface area contributed by atoms with Crippen molar-refractivity contribution in [3.8, 4) is 11.3 Å². The summed E-state index contributed by atoms with van der Waals surface area (Å²) >= 11 is 0. The number of pyridine rings is 1. The summed E-state index contributed by atoms with van der Waals surface area (Å²) in [5.41, 5.74) is 2.43. The first-order valence-electron chi connectivity index (χ1n) is 7.95. The van der Waals surface area contributed by atoms with Gasteiger partial charge in [-0.1, -0.05) is 51.1 Å². The van der Waals surface area contributed by atoms with Gasteiger partial charge in [-0.3, -0.25) is 4.98 Å². The Labute approximate surface area is 142 Å². The standard InChI is InChI=1S/C19H24N2O3/c1-19(2,3)17(22)16(21-18(23)24)12-13-7-9-14(10-8-13)15-6-4-5-11-20-15/h4-11,16-17,21-22H,12H2,1-3H3,(H,23,24)/t16-,17?/m0/s1. The molecular formula is C19H24N2O3. The number of amides is 1. The summed E-state index contributed by atoms with van der Waals surface area (Å²) < 4.78 is 0. The van der Waals surface area contributed by atoms with Crippen LogP contribution in [-0.2, 0) is 6.42 Å². The lowest BCUT2D eigenvalue weighted by Gasteiger charge is -2.33. The SMILES string of the molecule is CC(C)(C)C(O)[C@H](Cc1ccc(-c2ccccn2)cc1)NC(=O)O. The summed E-state index contributed by atoms with van der Waals surface area (Å²) in [7, 11) is 0. The fourth-order valence-corrected chi connectivity index (χ4v) is 2.60. The minimum absolute atomic E-state index is 0.416. The third kappa shape index (κ3) is 4.80. The molecule has 1 heterocycles. The third-order valence-electron chi connectivity index (χ3n) is 3.95. The highest BCUT2D eigenvalue weighted by molar-refractivity contribution is 5.65. The van der Waals surface area contributed by atoms with Gasteiger partial charge in [0.15, 0.2) is 0 Å². The van der Waals surface area contributed by atoms with E-state index in [1.54, 1.807) is 6.20 Å². The zero-order valence-electron chi connectivity index (χ0n) is 14.2. The zero-order valence-corrected chi connectivity index (χ0v) is 14.2. The quantitative estimate of drug-likeness (QED) is 0.786. The van der Waals surface area contributed by atoms with E-state index in [1.165, 1.54) is 0 Å². The Kier molecular flexibility index (Phi) is 5.57. The molecule has 0 aliphatic carbocycles. The molecule has 128 valence electrons. The van der Waals surface area contributed by atoms with Crippen molar-refractivity contribution >= 4 is 6.09 Å². The maximum atomic E-state index is 11.0. The summed E-state index contributed by atoms with van der Waals surface area (Å²) in [6, 6.07) is 13.0. The van der Waals surface area contributed by atoms with Crippen LogP contribution in [0.15, 0.2) is 48.7 Å². The minimum atomic E-state index is -1.13. The molecule has 0 saturated heterocycles. The van der Waals surface area contributed by atoms with Crippen LogP contribution in [0.3, 0.4) is 0 Å². The molecule has 0 saturated carbocycles. The summed E-state index contributed by atoms with van der Waals surface area (Å²) in [6.07, 6.45) is 0.251. The highest BCUT2D eigenvalue weighted by Gasteiger charge is 2.31. The largest absolute Gasteiger partial charge is 0.465 e. The number of carboxylic acid groups (broad SMARTS) is 1. The molecular weight excluding hydrogens is 304 g/mol. The molecule has 0 bridgehead atoms. The van der Waals surface area contributed by atoms with Gasteiger partial charge in [0.1, 0.15) is 0 Å². The van der Waals surface area contributed by atoms with Crippen molar-refractivity contribution in [1.29, 1.82) is 0 Å². The first-order chi connectivity index (χ1) is 11.3. The molecule has 5 nitrogen and oxygen atoms in total. The van der Waals surface area contributed by atoms with Crippen molar-refractivity contribution in [3.63, 3.8) is 0 Å². The van der Waals surface area contributed by atoms with Gasteiger partial charge in [0, 0.05) is 11.8 Å². The van der Waals surface area contributed by atoms with E-state index in [4.69, 9.17) is 5.11 Å². The molecule has 0 spiro atoms. The predicted molar refractivity (Wildman–Crippen MR) is 93.8 cm³/mol. The Morgan fingerprint density at radius 1 is 1.17 bits per heavy atom. The number of nitrogens with one attached hydrogen (secondary N) is 1. The zero-order chi connectivity index (χ0) is 17.7. The van der Waals surface area contributed by atoms with Gasteiger partial charge in [-0.2, -0.15) is 0 Å². The fraction of sp³-hybridized carbons (Fsp3) is 0.368. The average molecular weight is 328 g/mol. The van der Waals surface area contributed by atoms with Gasteiger partial charge < -0.3 is 15.5 Å². The Hall–Kier alpha value is -2.40. The van der Waals surface area contributed by atoms with Crippen molar-refractivity contribution in [2.24, 2.45) is 5.41 Å². The van der Waals surface area contributed by atoms with Crippen LogP contribution in [0.4, 0.5) is 4.79 Å². The molecule has 0 fully saturated rings. The highest BCUT2D eigenvalue weighted by Crippen LogP contribution is 2.24. The van der Waals surface area contributed by atoms with Gasteiger partial charge in [-0.05, 0) is 29.5 Å². The highest BCUT2D eigenvalue weighted by atomic mass is 16.4. The summed E-state index contributed by atoms with van der Waals surface area (Å²) in [5.74, 6) is 0. The third-order valence-corrected chi connectivity index (χ3v) is 3.95. The van der Waals surface area contributed by atoms with Crippen LogP contribution in [0.1, 0.15) is 26.3 Å². The Morgan fingerprint density at radius 2 is 1.83 bits per heavy atom. The van der Waals surface area contributed by atoms with E-state index in [1.807, 2.05) is 63.2 Å². The minimum Gasteiger partial charge on any atom is -0.465 e. The van der Waals surface area contributed by atoms with Crippen LogP contribution < -0.4 is 5.32 Å². The van der Waals surface area contributed by atoms with Crippen molar-refractivity contribution in [2.75, 3.05) is 0 Å². The number of rotatable bonds is 5. The number of aliphatic hydroxyl groups is 1. The Bertz CT molecular complexity index is 663. The number of hydrogen-bond acceptors (Lipinski definition) is 3. The molecule has 2 aromatic rings. The van der Waals surface area contributed by atoms with E-state index in [9.17, 15) is 9.90 Å². The van der Waals surface area contributed by atoms with Crippen LogP contribution in [0, 0.1) is 5.41 Å². The molecule has 1 amide bonds. The molecule has 0 aliphatic heterocycles. The molecule has 1 aromatic heterocycles. The fourth-order valence-electron chi connectivity index (χ4n) is 2.60. The van der Waals surface area contributed by atoms with Crippen molar-refractivity contribution in [3.05, 3.63) is 54.2 Å². The second kappa shape index (κ2) is 7.45. The second-order valence-corrected chi connectivity index (χ2v) is 6.98. The molecule has 5 heteroatoms. The van der Waals surface area contributed by atoms with E-state index < -0.39 is 23.7 Å². The molecule has 2 atom stereocenters. The molecule has 0 aliphatic rings. The number of benzene rings is 1. The number of nitrogens with zero attached hydrogens (tertiary/aromatic N) is 1. The van der Waals surface area contributed by atoms with Gasteiger partial charge in [-0.25, -0.2) is 4.79 Å². The molecule has 1 aromatic carbocycles.